The Kier molecular flexibility index (Phi) is 4.80. The lowest BCUT2D eigenvalue weighted by Crippen LogP contribution is -2.46. The van der Waals surface area contributed by atoms with Crippen LogP contribution >= 0.6 is 0 Å². The molecule has 3 unspecified atom stereocenters. The summed E-state index contributed by atoms with van der Waals surface area (Å²) in [6, 6.07) is 10.3. The summed E-state index contributed by atoms with van der Waals surface area (Å²) in [7, 11) is -0.901. The van der Waals surface area contributed by atoms with Gasteiger partial charge in [0.1, 0.15) is 0 Å². The van der Waals surface area contributed by atoms with Crippen LogP contribution < -0.4 is 5.32 Å². The summed E-state index contributed by atoms with van der Waals surface area (Å²) in [6.07, 6.45) is 3.32. The van der Waals surface area contributed by atoms with E-state index in [2.05, 4.69) is 26.1 Å². The fourth-order valence-corrected chi connectivity index (χ4v) is 4.83. The molecule has 1 aliphatic carbocycles. The number of hydrogen-bond donors (Lipinski definition) is 1. The van der Waals surface area contributed by atoms with E-state index in [9.17, 15) is 4.21 Å². The van der Waals surface area contributed by atoms with Gasteiger partial charge in [-0.15, -0.1) is 0 Å². The van der Waals surface area contributed by atoms with Crippen molar-refractivity contribution in [2.45, 2.75) is 56.2 Å². The Labute approximate surface area is 119 Å². The van der Waals surface area contributed by atoms with Crippen LogP contribution in [-0.4, -0.2) is 22.0 Å². The molecule has 3 atom stereocenters. The van der Waals surface area contributed by atoms with Crippen LogP contribution in [0, 0.1) is 5.41 Å². The number of nitrogens with one attached hydrogen (secondary N) is 1. The monoisotopic (exact) mass is 279 g/mol. The Hall–Kier alpha value is -0.670. The second kappa shape index (κ2) is 6.19. The van der Waals surface area contributed by atoms with Gasteiger partial charge in [-0.2, -0.15) is 0 Å². The highest BCUT2D eigenvalue weighted by molar-refractivity contribution is 7.85. The molecule has 0 amide bonds. The third kappa shape index (κ3) is 3.26. The minimum Gasteiger partial charge on any atom is -0.312 e. The molecule has 1 aromatic rings. The zero-order chi connectivity index (χ0) is 13.9. The highest BCUT2D eigenvalue weighted by atomic mass is 32.2. The standard InChI is InChI=1S/C16H25NOS/c1-4-12-17-15-14(10-11-16(15,2)3)19(18)13-8-6-5-7-9-13/h5-9,14-15,17H,4,10-12H2,1-3H3. The number of rotatable bonds is 5. The highest BCUT2D eigenvalue weighted by Gasteiger charge is 2.44. The Bertz CT molecular complexity index is 430. The fourth-order valence-electron chi connectivity index (χ4n) is 3.01. The zero-order valence-corrected chi connectivity index (χ0v) is 13.0. The van der Waals surface area contributed by atoms with Gasteiger partial charge in [0.25, 0.3) is 0 Å². The van der Waals surface area contributed by atoms with Gasteiger partial charge in [-0.3, -0.25) is 4.21 Å². The average molecular weight is 279 g/mol. The van der Waals surface area contributed by atoms with Crippen LogP contribution in [0.25, 0.3) is 0 Å². The van der Waals surface area contributed by atoms with E-state index in [-0.39, 0.29) is 10.7 Å². The molecule has 0 aliphatic heterocycles. The molecule has 1 fully saturated rings. The van der Waals surface area contributed by atoms with Crippen LogP contribution in [0.3, 0.4) is 0 Å². The van der Waals surface area contributed by atoms with Crippen molar-refractivity contribution in [2.75, 3.05) is 6.54 Å². The topological polar surface area (TPSA) is 29.1 Å². The largest absolute Gasteiger partial charge is 0.312 e. The second-order valence-electron chi connectivity index (χ2n) is 6.11. The van der Waals surface area contributed by atoms with Crippen LogP contribution in [-0.2, 0) is 10.8 Å². The predicted octanol–water partition coefficient (Wildman–Crippen LogP) is 3.35. The molecule has 0 bridgehead atoms. The Balaban J connectivity index is 2.16. The lowest BCUT2D eigenvalue weighted by atomic mass is 9.87. The van der Waals surface area contributed by atoms with Crippen molar-refractivity contribution < 1.29 is 4.21 Å². The summed E-state index contributed by atoms with van der Waals surface area (Å²) in [5, 5.41) is 3.87. The van der Waals surface area contributed by atoms with Crippen molar-refractivity contribution in [3.05, 3.63) is 30.3 Å². The molecule has 106 valence electrons. The number of hydrogen-bond acceptors (Lipinski definition) is 2. The van der Waals surface area contributed by atoms with Gasteiger partial charge >= 0.3 is 0 Å². The van der Waals surface area contributed by atoms with Crippen molar-refractivity contribution in [1.82, 2.24) is 5.32 Å². The van der Waals surface area contributed by atoms with Gasteiger partial charge in [-0.05, 0) is 43.4 Å². The van der Waals surface area contributed by atoms with Crippen molar-refractivity contribution in [3.63, 3.8) is 0 Å². The van der Waals surface area contributed by atoms with Gasteiger partial charge in [-0.1, -0.05) is 39.0 Å². The summed E-state index contributed by atoms with van der Waals surface area (Å²) in [4.78, 5) is 0.966. The van der Waals surface area contributed by atoms with Gasteiger partial charge in [0, 0.05) is 10.9 Å². The maximum atomic E-state index is 12.8. The van der Waals surface area contributed by atoms with E-state index >= 15 is 0 Å². The molecule has 0 radical (unpaired) electrons. The second-order valence-corrected chi connectivity index (χ2v) is 7.78. The van der Waals surface area contributed by atoms with Gasteiger partial charge in [0.15, 0.2) is 0 Å². The first-order chi connectivity index (χ1) is 9.06. The summed E-state index contributed by atoms with van der Waals surface area (Å²) in [5.74, 6) is 0. The molecule has 1 saturated carbocycles. The molecule has 19 heavy (non-hydrogen) atoms. The van der Waals surface area contributed by atoms with Crippen molar-refractivity contribution >= 4 is 10.8 Å². The smallest absolute Gasteiger partial charge is 0.0576 e. The van der Waals surface area contributed by atoms with Gasteiger partial charge in [0.05, 0.1) is 16.0 Å². The van der Waals surface area contributed by atoms with Crippen LogP contribution in [0.15, 0.2) is 35.2 Å². The van der Waals surface area contributed by atoms with Crippen LogP contribution in [0.4, 0.5) is 0 Å². The first-order valence-electron chi connectivity index (χ1n) is 7.25. The van der Waals surface area contributed by atoms with E-state index < -0.39 is 10.8 Å². The summed E-state index contributed by atoms with van der Waals surface area (Å²) in [5.41, 5.74) is 0.240. The molecule has 0 spiro atoms. The van der Waals surface area contributed by atoms with Gasteiger partial charge in [0.2, 0.25) is 0 Å². The molecular formula is C16H25NOS. The molecule has 1 aliphatic rings. The third-order valence-corrected chi connectivity index (χ3v) is 5.95. The first kappa shape index (κ1) is 14.7. The molecular weight excluding hydrogens is 254 g/mol. The Morgan fingerprint density at radius 1 is 1.32 bits per heavy atom. The van der Waals surface area contributed by atoms with Crippen molar-refractivity contribution in [1.29, 1.82) is 0 Å². The third-order valence-electron chi connectivity index (χ3n) is 4.15. The summed E-state index contributed by atoms with van der Waals surface area (Å²) < 4.78 is 12.8. The van der Waals surface area contributed by atoms with E-state index in [4.69, 9.17) is 0 Å². The van der Waals surface area contributed by atoms with E-state index in [0.29, 0.717) is 6.04 Å². The molecule has 0 aromatic heterocycles. The normalized spacial score (nSPS) is 27.3. The minimum atomic E-state index is -0.901. The maximum absolute atomic E-state index is 12.8. The summed E-state index contributed by atoms with van der Waals surface area (Å²) >= 11 is 0. The van der Waals surface area contributed by atoms with E-state index in [1.807, 2.05) is 30.3 Å². The Morgan fingerprint density at radius 3 is 2.63 bits per heavy atom. The highest BCUT2D eigenvalue weighted by Crippen LogP contribution is 2.41. The number of benzene rings is 1. The minimum absolute atomic E-state index is 0.240. The zero-order valence-electron chi connectivity index (χ0n) is 12.2. The molecule has 0 saturated heterocycles. The van der Waals surface area contributed by atoms with Crippen LogP contribution in [0.1, 0.15) is 40.0 Å². The van der Waals surface area contributed by atoms with Crippen LogP contribution in [0.2, 0.25) is 0 Å². The Morgan fingerprint density at radius 2 is 2.00 bits per heavy atom. The molecule has 0 heterocycles. The van der Waals surface area contributed by atoms with Gasteiger partial charge < -0.3 is 5.32 Å². The molecule has 3 heteroatoms. The SMILES string of the molecule is CCCNC1C(S(=O)c2ccccc2)CCC1(C)C. The molecule has 2 rings (SSSR count). The first-order valence-corrected chi connectivity index (χ1v) is 8.46. The van der Waals surface area contributed by atoms with Crippen molar-refractivity contribution in [2.24, 2.45) is 5.41 Å². The predicted molar refractivity (Wildman–Crippen MR) is 81.7 cm³/mol. The molecule has 1 aromatic carbocycles. The summed E-state index contributed by atoms with van der Waals surface area (Å²) in [6.45, 7) is 7.78. The lowest BCUT2D eigenvalue weighted by molar-refractivity contribution is 0.286. The van der Waals surface area contributed by atoms with Gasteiger partial charge in [-0.25, -0.2) is 0 Å². The van der Waals surface area contributed by atoms with E-state index in [1.165, 1.54) is 0 Å². The molecule has 2 nitrogen and oxygen atoms in total. The fraction of sp³-hybridized carbons (Fsp3) is 0.625. The maximum Gasteiger partial charge on any atom is 0.0576 e. The van der Waals surface area contributed by atoms with Crippen LogP contribution in [0.5, 0.6) is 0 Å². The van der Waals surface area contributed by atoms with E-state index in [0.717, 1.165) is 30.7 Å². The lowest BCUT2D eigenvalue weighted by Gasteiger charge is -2.31. The van der Waals surface area contributed by atoms with Crippen molar-refractivity contribution in [3.8, 4) is 0 Å². The molecule has 1 N–H and O–H groups in total. The average Bonchev–Trinajstić information content (AvgIpc) is 2.72. The quantitative estimate of drug-likeness (QED) is 0.895. The van der Waals surface area contributed by atoms with E-state index in [1.54, 1.807) is 0 Å².